The smallest absolute Gasteiger partial charge is 0.258 e. The Bertz CT molecular complexity index is 590. The third-order valence-corrected chi connectivity index (χ3v) is 3.94. The molecule has 0 radical (unpaired) electrons. The molecule has 0 unspecified atom stereocenters. The summed E-state index contributed by atoms with van der Waals surface area (Å²) in [5.74, 6) is 2.31. The third-order valence-electron chi connectivity index (χ3n) is 3.00. The van der Waals surface area contributed by atoms with Gasteiger partial charge < -0.3 is 9.88 Å². The fraction of sp³-hybridized carbons (Fsp3) is 0.333. The predicted octanol–water partition coefficient (Wildman–Crippen LogP) is 1.48. The van der Waals surface area contributed by atoms with Gasteiger partial charge in [-0.3, -0.25) is 4.79 Å². The first-order valence-corrected chi connectivity index (χ1v) is 6.80. The molecule has 0 bridgehead atoms. The van der Waals surface area contributed by atoms with Crippen LogP contribution < -0.4 is 10.5 Å². The summed E-state index contributed by atoms with van der Waals surface area (Å²) in [6.07, 6.45) is 1.45. The third kappa shape index (κ3) is 2.02. The van der Waals surface area contributed by atoms with Crippen molar-refractivity contribution in [2.45, 2.75) is 0 Å². The van der Waals surface area contributed by atoms with E-state index in [0.29, 0.717) is 5.39 Å². The van der Waals surface area contributed by atoms with Crippen LogP contribution in [0.25, 0.3) is 10.9 Å². The Kier molecular flexibility index (Phi) is 2.76. The Balaban J connectivity index is 2.06. The van der Waals surface area contributed by atoms with E-state index in [-0.39, 0.29) is 5.56 Å². The Hall–Kier alpha value is -1.49. The number of benzene rings is 1. The van der Waals surface area contributed by atoms with Gasteiger partial charge in [-0.15, -0.1) is 0 Å². The minimum Gasteiger partial charge on any atom is -0.370 e. The summed E-state index contributed by atoms with van der Waals surface area (Å²) in [7, 11) is 0. The van der Waals surface area contributed by atoms with Crippen molar-refractivity contribution in [3.05, 3.63) is 34.9 Å². The Morgan fingerprint density at radius 1 is 1.29 bits per heavy atom. The second-order valence-electron chi connectivity index (χ2n) is 4.03. The molecule has 1 saturated heterocycles. The van der Waals surface area contributed by atoms with Crippen molar-refractivity contribution in [1.82, 2.24) is 9.97 Å². The maximum Gasteiger partial charge on any atom is 0.258 e. The number of anilines is 1. The van der Waals surface area contributed by atoms with E-state index in [4.69, 9.17) is 0 Å². The van der Waals surface area contributed by atoms with Crippen molar-refractivity contribution in [2.75, 3.05) is 29.5 Å². The zero-order valence-electron chi connectivity index (χ0n) is 9.35. The quantitative estimate of drug-likeness (QED) is 0.829. The standard InChI is InChI=1S/C12H13N3OS/c16-12-10-7-9(15-3-5-17-6-4-15)1-2-11(10)13-8-14-12/h1-2,7-8H,3-6H2,(H,13,14,16). The molecule has 4 nitrogen and oxygen atoms in total. The summed E-state index contributed by atoms with van der Waals surface area (Å²) < 4.78 is 0. The lowest BCUT2D eigenvalue weighted by Crippen LogP contribution is -2.32. The molecule has 0 saturated carbocycles. The topological polar surface area (TPSA) is 49.0 Å². The van der Waals surface area contributed by atoms with E-state index in [1.54, 1.807) is 0 Å². The van der Waals surface area contributed by atoms with Gasteiger partial charge >= 0.3 is 0 Å². The predicted molar refractivity (Wildman–Crippen MR) is 71.9 cm³/mol. The molecule has 3 rings (SSSR count). The molecular weight excluding hydrogens is 234 g/mol. The molecule has 0 aliphatic carbocycles. The van der Waals surface area contributed by atoms with Crippen LogP contribution in [0.15, 0.2) is 29.3 Å². The largest absolute Gasteiger partial charge is 0.370 e. The van der Waals surface area contributed by atoms with E-state index < -0.39 is 0 Å². The van der Waals surface area contributed by atoms with Gasteiger partial charge in [0.1, 0.15) is 0 Å². The number of nitrogens with zero attached hydrogens (tertiary/aromatic N) is 2. The lowest BCUT2D eigenvalue weighted by atomic mass is 10.2. The molecule has 2 aromatic rings. The van der Waals surface area contributed by atoms with Crippen molar-refractivity contribution in [3.63, 3.8) is 0 Å². The number of thioether (sulfide) groups is 1. The van der Waals surface area contributed by atoms with Crippen molar-refractivity contribution >= 4 is 28.4 Å². The summed E-state index contributed by atoms with van der Waals surface area (Å²) in [6.45, 7) is 2.10. The number of fused-ring (bicyclic) bond motifs is 1. The van der Waals surface area contributed by atoms with Crippen LogP contribution in [0.3, 0.4) is 0 Å². The molecule has 1 N–H and O–H groups in total. The zero-order valence-corrected chi connectivity index (χ0v) is 10.2. The maximum atomic E-state index is 11.7. The highest BCUT2D eigenvalue weighted by atomic mass is 32.2. The lowest BCUT2D eigenvalue weighted by molar-refractivity contribution is 0.859. The number of hydrogen-bond acceptors (Lipinski definition) is 4. The fourth-order valence-corrected chi connectivity index (χ4v) is 2.98. The van der Waals surface area contributed by atoms with Gasteiger partial charge in [0.2, 0.25) is 0 Å². The summed E-state index contributed by atoms with van der Waals surface area (Å²) in [4.78, 5) is 20.8. The highest BCUT2D eigenvalue weighted by Crippen LogP contribution is 2.21. The molecule has 1 aliphatic rings. The average Bonchev–Trinajstić information content (AvgIpc) is 2.40. The van der Waals surface area contributed by atoms with Crippen LogP contribution in [0.2, 0.25) is 0 Å². The molecule has 1 aromatic carbocycles. The summed E-state index contributed by atoms with van der Waals surface area (Å²) in [6, 6.07) is 5.91. The molecule has 88 valence electrons. The molecule has 0 atom stereocenters. The molecular formula is C12H13N3OS. The second kappa shape index (κ2) is 4.41. The second-order valence-corrected chi connectivity index (χ2v) is 5.26. The van der Waals surface area contributed by atoms with Gasteiger partial charge in [-0.25, -0.2) is 4.98 Å². The van der Waals surface area contributed by atoms with E-state index in [0.717, 1.165) is 35.8 Å². The van der Waals surface area contributed by atoms with Crippen LogP contribution >= 0.6 is 11.8 Å². The van der Waals surface area contributed by atoms with E-state index in [1.807, 2.05) is 30.0 Å². The molecule has 5 heteroatoms. The normalized spacial score (nSPS) is 16.4. The van der Waals surface area contributed by atoms with Crippen LogP contribution in [0.4, 0.5) is 5.69 Å². The first-order valence-electron chi connectivity index (χ1n) is 5.65. The summed E-state index contributed by atoms with van der Waals surface area (Å²) >= 11 is 1.98. The fourth-order valence-electron chi connectivity index (χ4n) is 2.07. The van der Waals surface area contributed by atoms with Gasteiger partial charge in [-0.05, 0) is 18.2 Å². The lowest BCUT2D eigenvalue weighted by Gasteiger charge is -2.28. The van der Waals surface area contributed by atoms with E-state index in [9.17, 15) is 4.79 Å². The SMILES string of the molecule is O=c1[nH]cnc2ccc(N3CCSCC3)cc12. The Morgan fingerprint density at radius 2 is 2.12 bits per heavy atom. The molecule has 0 amide bonds. The van der Waals surface area contributed by atoms with Crippen LogP contribution in [0, 0.1) is 0 Å². The van der Waals surface area contributed by atoms with Crippen LogP contribution in [-0.4, -0.2) is 34.6 Å². The zero-order chi connectivity index (χ0) is 11.7. The molecule has 17 heavy (non-hydrogen) atoms. The summed E-state index contributed by atoms with van der Waals surface area (Å²) in [5, 5.41) is 0.670. The Morgan fingerprint density at radius 3 is 2.94 bits per heavy atom. The first-order chi connectivity index (χ1) is 8.34. The molecule has 1 aromatic heterocycles. The number of nitrogens with one attached hydrogen (secondary N) is 1. The molecule has 1 aliphatic heterocycles. The number of rotatable bonds is 1. The van der Waals surface area contributed by atoms with Crippen molar-refractivity contribution < 1.29 is 0 Å². The van der Waals surface area contributed by atoms with Gasteiger partial charge in [-0.1, -0.05) is 0 Å². The molecule has 0 spiro atoms. The molecule has 1 fully saturated rings. The number of aromatic nitrogens is 2. The van der Waals surface area contributed by atoms with Crippen LogP contribution in [0.5, 0.6) is 0 Å². The van der Waals surface area contributed by atoms with Gasteiger partial charge in [-0.2, -0.15) is 11.8 Å². The number of hydrogen-bond donors (Lipinski definition) is 1. The van der Waals surface area contributed by atoms with Gasteiger partial charge in [0.15, 0.2) is 0 Å². The van der Waals surface area contributed by atoms with Crippen molar-refractivity contribution in [3.8, 4) is 0 Å². The van der Waals surface area contributed by atoms with Crippen LogP contribution in [0.1, 0.15) is 0 Å². The van der Waals surface area contributed by atoms with Gasteiger partial charge in [0.05, 0.1) is 17.2 Å². The minimum absolute atomic E-state index is 0.0664. The first kappa shape index (κ1) is 10.7. The number of aromatic amines is 1. The highest BCUT2D eigenvalue weighted by molar-refractivity contribution is 7.99. The van der Waals surface area contributed by atoms with Gasteiger partial charge in [0.25, 0.3) is 5.56 Å². The van der Waals surface area contributed by atoms with E-state index in [1.165, 1.54) is 6.33 Å². The Labute approximate surface area is 103 Å². The van der Waals surface area contributed by atoms with Crippen molar-refractivity contribution in [2.24, 2.45) is 0 Å². The highest BCUT2D eigenvalue weighted by Gasteiger charge is 2.12. The minimum atomic E-state index is -0.0664. The monoisotopic (exact) mass is 247 g/mol. The maximum absolute atomic E-state index is 11.7. The van der Waals surface area contributed by atoms with Crippen LogP contribution in [-0.2, 0) is 0 Å². The summed E-state index contributed by atoms with van der Waals surface area (Å²) in [5.41, 5.74) is 1.81. The number of H-pyrrole nitrogens is 1. The van der Waals surface area contributed by atoms with Gasteiger partial charge in [0, 0.05) is 30.3 Å². The van der Waals surface area contributed by atoms with Crippen molar-refractivity contribution in [1.29, 1.82) is 0 Å². The average molecular weight is 247 g/mol. The van der Waals surface area contributed by atoms with E-state index in [2.05, 4.69) is 14.9 Å². The molecule has 2 heterocycles. The van der Waals surface area contributed by atoms with E-state index >= 15 is 0 Å².